The van der Waals surface area contributed by atoms with Crippen LogP contribution in [-0.4, -0.2) is 81.5 Å². The molecule has 1 aromatic carbocycles. The van der Waals surface area contributed by atoms with Gasteiger partial charge in [0.15, 0.2) is 6.10 Å². The summed E-state index contributed by atoms with van der Waals surface area (Å²) in [5, 5.41) is 33.6. The van der Waals surface area contributed by atoms with E-state index in [0.29, 0.717) is 27.8 Å². The number of thioether (sulfide) groups is 2. The number of rotatable bonds is 7. The zero-order valence-electron chi connectivity index (χ0n) is 18.7. The Hall–Kier alpha value is -1.94. The van der Waals surface area contributed by atoms with Gasteiger partial charge in [-0.05, 0) is 21.6 Å². The van der Waals surface area contributed by atoms with E-state index >= 15 is 0 Å². The summed E-state index contributed by atoms with van der Waals surface area (Å²) in [6.07, 6.45) is -1.42. The molecule has 1 fully saturated rings. The molecule has 1 aromatic heterocycles. The van der Waals surface area contributed by atoms with Crippen molar-refractivity contribution in [1.29, 1.82) is 0 Å². The predicted molar refractivity (Wildman–Crippen MR) is 115 cm³/mol. The number of aromatic nitrogens is 4. The van der Waals surface area contributed by atoms with Crippen molar-refractivity contribution in [3.63, 3.8) is 0 Å². The second-order valence-corrected chi connectivity index (χ2v) is 8.89. The minimum Gasteiger partial charge on any atom is -1.00 e. The second-order valence-electron chi connectivity index (χ2n) is 6.84. The molecular formula is C18H21N6NaO6S2. The van der Waals surface area contributed by atoms with Crippen LogP contribution in [0.25, 0.3) is 0 Å². The third kappa shape index (κ3) is 5.42. The second kappa shape index (κ2) is 11.5. The number of carbonyl (C=O) groups excluding carboxylic acids is 2. The number of tetrazole rings is 1. The smallest absolute Gasteiger partial charge is 1.00 e. The van der Waals surface area contributed by atoms with Gasteiger partial charge in [-0.1, -0.05) is 42.1 Å². The molecule has 172 valence electrons. The van der Waals surface area contributed by atoms with Crippen molar-refractivity contribution in [3.05, 3.63) is 47.2 Å². The molecule has 2 amide bonds. The number of aliphatic hydroxyl groups is 1. The Balaban J connectivity index is 0.00000193. The first-order chi connectivity index (χ1) is 14.9. The van der Waals surface area contributed by atoms with Crippen molar-refractivity contribution in [2.45, 2.75) is 22.7 Å². The van der Waals surface area contributed by atoms with Crippen LogP contribution < -0.4 is 34.9 Å². The standard InChI is InChI=1S/C18H18N6O5S2.Na.H2O.H/c1-23-18(20-21-22-23)31-8-10-7-30-16-11(15(27)24(16)12(10)17(28)29)19-14(26)13(25)9-5-3-2-4-6-9;;;/h2-6,11,13,16,25H,7-8H2,1H3,(H,19,26)(H,28,29);;1H2;/q;+1;;-1/t11-,13-,16-;;;/m1.../s1. The molecule has 33 heavy (non-hydrogen) atoms. The summed E-state index contributed by atoms with van der Waals surface area (Å²) in [4.78, 5) is 38.2. The summed E-state index contributed by atoms with van der Waals surface area (Å²) >= 11 is 2.64. The molecule has 3 heterocycles. The molecule has 4 rings (SSSR count). The zero-order valence-corrected chi connectivity index (χ0v) is 21.3. The monoisotopic (exact) mass is 504 g/mol. The fourth-order valence-electron chi connectivity index (χ4n) is 3.31. The van der Waals surface area contributed by atoms with Gasteiger partial charge in [-0.15, -0.1) is 16.9 Å². The number of carboxylic acids is 1. The number of nitrogens with one attached hydrogen (secondary N) is 1. The molecule has 2 aliphatic rings. The molecule has 5 N–H and O–H groups in total. The third-order valence-electron chi connectivity index (χ3n) is 4.87. The van der Waals surface area contributed by atoms with Gasteiger partial charge >= 0.3 is 35.5 Å². The molecule has 0 radical (unpaired) electrons. The number of amides is 2. The van der Waals surface area contributed by atoms with Crippen LogP contribution in [0.4, 0.5) is 0 Å². The first-order valence-electron chi connectivity index (χ1n) is 9.17. The van der Waals surface area contributed by atoms with E-state index in [1.807, 2.05) is 0 Å². The van der Waals surface area contributed by atoms with Crippen molar-refractivity contribution in [1.82, 2.24) is 30.4 Å². The third-order valence-corrected chi connectivity index (χ3v) is 7.30. The number of aryl methyl sites for hydroxylation is 1. The maximum Gasteiger partial charge on any atom is 1.00 e. The van der Waals surface area contributed by atoms with Gasteiger partial charge in [-0.3, -0.25) is 14.5 Å². The number of nitrogens with zero attached hydrogens (tertiary/aromatic N) is 5. The Morgan fingerprint density at radius 2 is 2.06 bits per heavy atom. The van der Waals surface area contributed by atoms with Crippen LogP contribution in [0.15, 0.2) is 46.8 Å². The molecule has 2 aliphatic heterocycles. The molecule has 15 heteroatoms. The summed E-state index contributed by atoms with van der Waals surface area (Å²) in [7, 11) is 1.68. The van der Waals surface area contributed by atoms with E-state index in [2.05, 4.69) is 20.8 Å². The normalized spacial score (nSPS) is 20.1. The van der Waals surface area contributed by atoms with E-state index in [1.54, 1.807) is 37.4 Å². The predicted octanol–water partition coefficient (Wildman–Crippen LogP) is -3.93. The molecule has 3 atom stereocenters. The number of aliphatic hydroxyl groups excluding tert-OH is 1. The summed E-state index contributed by atoms with van der Waals surface area (Å²) in [6.45, 7) is 0. The molecule has 0 spiro atoms. The number of fused-ring (bicyclic) bond motifs is 1. The van der Waals surface area contributed by atoms with Crippen LogP contribution in [0.5, 0.6) is 0 Å². The van der Waals surface area contributed by atoms with Gasteiger partial charge in [0.25, 0.3) is 11.8 Å². The number of aliphatic carboxylic acids is 1. The molecule has 12 nitrogen and oxygen atoms in total. The van der Waals surface area contributed by atoms with Gasteiger partial charge in [-0.25, -0.2) is 9.48 Å². The first-order valence-corrected chi connectivity index (χ1v) is 11.2. The summed E-state index contributed by atoms with van der Waals surface area (Å²) in [6, 6.07) is 7.46. The van der Waals surface area contributed by atoms with E-state index < -0.39 is 35.3 Å². The Morgan fingerprint density at radius 3 is 2.67 bits per heavy atom. The van der Waals surface area contributed by atoms with Gasteiger partial charge < -0.3 is 22.4 Å². The fraction of sp³-hybridized carbons (Fsp3) is 0.333. The number of carboxylic acid groups (broad SMARTS) is 1. The molecule has 2 aromatic rings. The van der Waals surface area contributed by atoms with Crippen molar-refractivity contribution < 1.29 is 61.1 Å². The number of hydrogen-bond donors (Lipinski definition) is 3. The van der Waals surface area contributed by atoms with Gasteiger partial charge in [-0.2, -0.15) is 0 Å². The van der Waals surface area contributed by atoms with Gasteiger partial charge in [0.05, 0.1) is 0 Å². The average Bonchev–Trinajstić information content (AvgIpc) is 3.19. The minimum absolute atomic E-state index is 0. The van der Waals surface area contributed by atoms with Crippen molar-refractivity contribution >= 4 is 41.3 Å². The van der Waals surface area contributed by atoms with Gasteiger partial charge in [0.2, 0.25) is 5.16 Å². The summed E-state index contributed by atoms with van der Waals surface area (Å²) in [5.41, 5.74) is 0.901. The largest absolute Gasteiger partial charge is 1.00 e. The Kier molecular flexibility index (Phi) is 9.48. The minimum atomic E-state index is -1.42. The first kappa shape index (κ1) is 27.3. The van der Waals surface area contributed by atoms with Crippen LogP contribution in [0.1, 0.15) is 13.1 Å². The Bertz CT molecular complexity index is 1070. The van der Waals surface area contributed by atoms with Crippen LogP contribution >= 0.6 is 23.5 Å². The quantitative estimate of drug-likeness (QED) is 0.191. The van der Waals surface area contributed by atoms with Crippen molar-refractivity contribution in [2.24, 2.45) is 7.05 Å². The summed E-state index contributed by atoms with van der Waals surface area (Å²) in [5.74, 6) is -1.75. The fourth-order valence-corrected chi connectivity index (χ4v) is 5.64. The van der Waals surface area contributed by atoms with Gasteiger partial charge in [0, 0.05) is 18.6 Å². The number of β-lactam (4-membered cyclic amide) rings is 1. The van der Waals surface area contributed by atoms with Crippen molar-refractivity contribution in [3.8, 4) is 0 Å². The molecule has 0 saturated carbocycles. The molecular weight excluding hydrogens is 483 g/mol. The average molecular weight is 505 g/mol. The maximum atomic E-state index is 12.7. The number of hydrogen-bond acceptors (Lipinski definition) is 9. The van der Waals surface area contributed by atoms with Crippen LogP contribution in [-0.2, 0) is 21.4 Å². The van der Waals surface area contributed by atoms with E-state index in [1.165, 1.54) is 33.1 Å². The molecule has 0 aliphatic carbocycles. The van der Waals surface area contributed by atoms with E-state index in [4.69, 9.17) is 0 Å². The van der Waals surface area contributed by atoms with Crippen LogP contribution in [0, 0.1) is 0 Å². The topological polar surface area (TPSA) is 182 Å². The van der Waals surface area contributed by atoms with Crippen LogP contribution in [0.3, 0.4) is 0 Å². The molecule has 0 unspecified atom stereocenters. The number of benzene rings is 1. The van der Waals surface area contributed by atoms with E-state index in [-0.39, 0.29) is 42.2 Å². The van der Waals surface area contributed by atoms with E-state index in [0.717, 1.165) is 0 Å². The Morgan fingerprint density at radius 1 is 1.36 bits per heavy atom. The maximum absolute atomic E-state index is 12.7. The van der Waals surface area contributed by atoms with Gasteiger partial charge in [0.1, 0.15) is 17.1 Å². The molecule has 0 bridgehead atoms. The summed E-state index contributed by atoms with van der Waals surface area (Å²) < 4.78 is 1.48. The molecule has 1 saturated heterocycles. The van der Waals surface area contributed by atoms with E-state index in [9.17, 15) is 24.6 Å². The number of carbonyl (C=O) groups is 3. The van der Waals surface area contributed by atoms with Crippen molar-refractivity contribution in [2.75, 3.05) is 11.5 Å². The zero-order chi connectivity index (χ0) is 22.1. The Labute approximate surface area is 220 Å². The SMILES string of the molecule is Cn1nnnc1SCC1=C(C(=O)O)N2C(=O)[C@@H](NC(=O)[C@H](O)c3ccccc3)[C@H]2SC1.O.[H-].[Na+]. The van der Waals surface area contributed by atoms with Crippen LogP contribution in [0.2, 0.25) is 0 Å².